The number of nitrogens with one attached hydrogen (secondary N) is 3. The van der Waals surface area contributed by atoms with Crippen molar-refractivity contribution in [3.05, 3.63) is 53.6 Å². The summed E-state index contributed by atoms with van der Waals surface area (Å²) in [5.74, 6) is -2.17. The van der Waals surface area contributed by atoms with Gasteiger partial charge in [0.1, 0.15) is 0 Å². The molecular weight excluding hydrogens is 509 g/mol. The molecule has 13 heteroatoms. The molecule has 1 atom stereocenters. The van der Waals surface area contributed by atoms with Crippen molar-refractivity contribution in [3.63, 3.8) is 0 Å². The smallest absolute Gasteiger partial charge is 0.418 e. The van der Waals surface area contributed by atoms with Gasteiger partial charge < -0.3 is 24.8 Å². The maximum Gasteiger partial charge on any atom is 0.418 e. The summed E-state index contributed by atoms with van der Waals surface area (Å²) >= 11 is 0. The lowest BCUT2D eigenvalue weighted by Gasteiger charge is -2.15. The highest BCUT2D eigenvalue weighted by Crippen LogP contribution is 2.34. The van der Waals surface area contributed by atoms with Gasteiger partial charge in [0.2, 0.25) is 0 Å². The quantitative estimate of drug-likeness (QED) is 0.244. The fourth-order valence-electron chi connectivity index (χ4n) is 3.47. The average molecular weight is 537 g/mol. The van der Waals surface area contributed by atoms with E-state index < -0.39 is 36.1 Å². The molecule has 2 aromatic carbocycles. The van der Waals surface area contributed by atoms with Gasteiger partial charge in [-0.2, -0.15) is 18.3 Å². The van der Waals surface area contributed by atoms with Crippen LogP contribution in [0.15, 0.2) is 47.6 Å². The van der Waals surface area contributed by atoms with E-state index in [1.165, 1.54) is 30.5 Å². The zero-order valence-electron chi connectivity index (χ0n) is 20.5. The summed E-state index contributed by atoms with van der Waals surface area (Å²) in [4.78, 5) is 36.0. The molecule has 0 radical (unpaired) electrons. The lowest BCUT2D eigenvalue weighted by Crippen LogP contribution is -2.41. The summed E-state index contributed by atoms with van der Waals surface area (Å²) in [6.45, 7) is 2.28. The monoisotopic (exact) mass is 536 g/mol. The molecule has 0 saturated carbocycles. The molecule has 1 saturated heterocycles. The molecule has 3 amide bonds. The molecule has 1 aliphatic rings. The third-order valence-electron chi connectivity index (χ3n) is 5.23. The number of anilines is 1. The summed E-state index contributed by atoms with van der Waals surface area (Å²) in [6, 6.07) is 9.14. The second kappa shape index (κ2) is 13.4. The van der Waals surface area contributed by atoms with Gasteiger partial charge in [-0.3, -0.25) is 14.4 Å². The van der Waals surface area contributed by atoms with E-state index in [4.69, 9.17) is 14.2 Å². The number of ether oxygens (including phenoxy) is 3. The zero-order chi connectivity index (χ0) is 27.5. The molecule has 0 unspecified atom stereocenters. The number of alkyl halides is 3. The molecule has 3 rings (SSSR count). The van der Waals surface area contributed by atoms with E-state index in [1.807, 2.05) is 0 Å². The van der Waals surface area contributed by atoms with Crippen molar-refractivity contribution in [1.29, 1.82) is 0 Å². The Morgan fingerprint density at radius 1 is 1.11 bits per heavy atom. The Kier molecular flexibility index (Phi) is 10.0. The second-order valence-corrected chi connectivity index (χ2v) is 8.06. The molecule has 38 heavy (non-hydrogen) atoms. The van der Waals surface area contributed by atoms with Crippen LogP contribution in [0.3, 0.4) is 0 Å². The van der Waals surface area contributed by atoms with E-state index in [9.17, 15) is 27.6 Å². The summed E-state index contributed by atoms with van der Waals surface area (Å²) in [5.41, 5.74) is 1.25. The second-order valence-electron chi connectivity index (χ2n) is 8.06. The summed E-state index contributed by atoms with van der Waals surface area (Å²) in [7, 11) is 0. The fourth-order valence-corrected chi connectivity index (χ4v) is 3.47. The molecular formula is C25H27F3N4O6. The summed E-state index contributed by atoms with van der Waals surface area (Å²) < 4.78 is 55.7. The maximum atomic E-state index is 13.1. The van der Waals surface area contributed by atoms with Gasteiger partial charge in [-0.05, 0) is 55.7 Å². The third kappa shape index (κ3) is 8.47. The predicted molar refractivity (Wildman–Crippen MR) is 131 cm³/mol. The van der Waals surface area contributed by atoms with Crippen molar-refractivity contribution in [1.82, 2.24) is 10.7 Å². The number of hydrogen-bond donors (Lipinski definition) is 3. The van der Waals surface area contributed by atoms with Crippen molar-refractivity contribution >= 4 is 29.6 Å². The maximum absolute atomic E-state index is 13.1. The van der Waals surface area contributed by atoms with Crippen molar-refractivity contribution in [3.8, 4) is 11.5 Å². The van der Waals surface area contributed by atoms with E-state index in [1.54, 1.807) is 13.0 Å². The van der Waals surface area contributed by atoms with Gasteiger partial charge in [0.05, 0.1) is 30.2 Å². The van der Waals surface area contributed by atoms with Gasteiger partial charge >= 0.3 is 18.0 Å². The van der Waals surface area contributed by atoms with Crippen molar-refractivity contribution < 1.29 is 41.8 Å². The fraction of sp³-hybridized carbons (Fsp3) is 0.360. The van der Waals surface area contributed by atoms with Crippen LogP contribution in [-0.4, -0.2) is 56.4 Å². The van der Waals surface area contributed by atoms with Crippen molar-refractivity contribution in [2.45, 2.75) is 32.0 Å². The number of hydrogen-bond acceptors (Lipinski definition) is 7. The van der Waals surface area contributed by atoms with Crippen LogP contribution in [0, 0.1) is 0 Å². The molecule has 1 aliphatic heterocycles. The standard InChI is InChI=1S/C25H27F3N4O6/c1-2-36-21-12-16(13-30-32-24(35)23(34)29-14-17-6-5-11-37-17)9-10-20(21)38-15-22(33)31-19-8-4-3-7-18(19)25(26,27)28/h3-4,7-10,12-13,17H,2,5-6,11,14-15H2,1H3,(H,29,34)(H,31,33)(H,32,35)/b30-13-/t17-/m1/s1. The Balaban J connectivity index is 1.54. The van der Waals surface area contributed by atoms with Crippen LogP contribution in [0.25, 0.3) is 0 Å². The minimum Gasteiger partial charge on any atom is -0.490 e. The van der Waals surface area contributed by atoms with Crippen molar-refractivity contribution in [2.75, 3.05) is 31.7 Å². The molecule has 1 heterocycles. The highest BCUT2D eigenvalue weighted by Gasteiger charge is 2.33. The highest BCUT2D eigenvalue weighted by atomic mass is 19.4. The van der Waals surface area contributed by atoms with Gasteiger partial charge in [-0.25, -0.2) is 5.43 Å². The normalized spacial score (nSPS) is 15.2. The van der Waals surface area contributed by atoms with E-state index >= 15 is 0 Å². The average Bonchev–Trinajstić information content (AvgIpc) is 3.40. The molecule has 10 nitrogen and oxygen atoms in total. The Labute approximate surface area is 216 Å². The first-order chi connectivity index (χ1) is 18.2. The van der Waals surface area contributed by atoms with Gasteiger partial charge in [0.25, 0.3) is 5.91 Å². The van der Waals surface area contributed by atoms with E-state index in [-0.39, 0.29) is 36.4 Å². The van der Waals surface area contributed by atoms with E-state index in [2.05, 4.69) is 21.2 Å². The van der Waals surface area contributed by atoms with Crippen LogP contribution in [0.1, 0.15) is 30.9 Å². The minimum absolute atomic E-state index is 0.102. The topological polar surface area (TPSA) is 127 Å². The Bertz CT molecular complexity index is 1170. The first-order valence-electron chi connectivity index (χ1n) is 11.8. The molecule has 204 valence electrons. The zero-order valence-corrected chi connectivity index (χ0v) is 20.5. The van der Waals surface area contributed by atoms with Crippen LogP contribution in [0.5, 0.6) is 11.5 Å². The van der Waals surface area contributed by atoms with Crippen LogP contribution in [0.2, 0.25) is 0 Å². The molecule has 1 fully saturated rings. The van der Waals surface area contributed by atoms with Crippen LogP contribution in [0.4, 0.5) is 18.9 Å². The van der Waals surface area contributed by atoms with Crippen LogP contribution in [-0.2, 0) is 25.3 Å². The third-order valence-corrected chi connectivity index (χ3v) is 5.23. The molecule has 0 spiro atoms. The Morgan fingerprint density at radius 2 is 1.89 bits per heavy atom. The molecule has 3 N–H and O–H groups in total. The number of halogens is 3. The van der Waals surface area contributed by atoms with Gasteiger partial charge in [-0.15, -0.1) is 0 Å². The lowest BCUT2D eigenvalue weighted by molar-refractivity contribution is -0.139. The van der Waals surface area contributed by atoms with Gasteiger partial charge in [0, 0.05) is 13.2 Å². The minimum atomic E-state index is -4.63. The van der Waals surface area contributed by atoms with Crippen LogP contribution >= 0.6 is 0 Å². The largest absolute Gasteiger partial charge is 0.490 e. The number of nitrogens with zero attached hydrogens (tertiary/aromatic N) is 1. The molecule has 0 bridgehead atoms. The van der Waals surface area contributed by atoms with Gasteiger partial charge in [-0.1, -0.05) is 12.1 Å². The van der Waals surface area contributed by atoms with Crippen LogP contribution < -0.4 is 25.5 Å². The Hall–Kier alpha value is -4.13. The lowest BCUT2D eigenvalue weighted by atomic mass is 10.1. The molecule has 2 aromatic rings. The SMILES string of the molecule is CCOc1cc(/C=N\NC(=O)C(=O)NC[C@H]2CCCO2)ccc1OCC(=O)Nc1ccccc1C(F)(F)F. The summed E-state index contributed by atoms with van der Waals surface area (Å²) in [5, 5.41) is 8.43. The number of carbonyl (C=O) groups excluding carboxylic acids is 3. The number of rotatable bonds is 10. The molecule has 0 aliphatic carbocycles. The number of benzene rings is 2. The molecule has 0 aromatic heterocycles. The first-order valence-corrected chi connectivity index (χ1v) is 11.8. The number of amides is 3. The number of para-hydroxylation sites is 1. The number of carbonyl (C=O) groups is 3. The van der Waals surface area contributed by atoms with Gasteiger partial charge in [0.15, 0.2) is 18.1 Å². The van der Waals surface area contributed by atoms with E-state index in [0.29, 0.717) is 12.2 Å². The first kappa shape index (κ1) is 28.4. The highest BCUT2D eigenvalue weighted by molar-refractivity contribution is 6.35. The van der Waals surface area contributed by atoms with Crippen molar-refractivity contribution in [2.24, 2.45) is 5.10 Å². The van der Waals surface area contributed by atoms with E-state index in [0.717, 1.165) is 25.0 Å². The summed E-state index contributed by atoms with van der Waals surface area (Å²) in [6.07, 6.45) is -1.72. The predicted octanol–water partition coefficient (Wildman–Crippen LogP) is 2.87. The number of hydrazone groups is 1. The Morgan fingerprint density at radius 3 is 2.61 bits per heavy atom.